The smallest absolute Gasteiger partial charge is 0.314 e. The Kier molecular flexibility index (Phi) is 5.09. The highest BCUT2D eigenvalue weighted by Crippen LogP contribution is 2.22. The lowest BCUT2D eigenvalue weighted by atomic mass is 9.91. The molecule has 88 valence electrons. The van der Waals surface area contributed by atoms with Gasteiger partial charge in [-0.05, 0) is 33.7 Å². The van der Waals surface area contributed by atoms with Gasteiger partial charge in [0.1, 0.15) is 0 Å². The fraction of sp³-hybridized carbons (Fsp3) is 0.900. The van der Waals surface area contributed by atoms with Gasteiger partial charge in [0, 0.05) is 6.04 Å². The van der Waals surface area contributed by atoms with Gasteiger partial charge in [-0.1, -0.05) is 0 Å². The van der Waals surface area contributed by atoms with Gasteiger partial charge >= 0.3 is 6.18 Å². The van der Waals surface area contributed by atoms with Crippen LogP contribution in [0.5, 0.6) is 0 Å². The second kappa shape index (κ2) is 5.36. The second-order valence-electron chi connectivity index (χ2n) is 4.42. The zero-order valence-electron chi connectivity index (χ0n) is 9.28. The van der Waals surface area contributed by atoms with Gasteiger partial charge in [-0.15, -0.1) is 0 Å². The Labute approximate surface area is 88.5 Å². The second-order valence-corrected chi connectivity index (χ2v) is 4.42. The van der Waals surface area contributed by atoms with Crippen LogP contribution in [0.2, 0.25) is 0 Å². The molecule has 0 radical (unpaired) electrons. The summed E-state index contributed by atoms with van der Waals surface area (Å²) in [5, 5.41) is 11.4. The number of halogens is 3. The summed E-state index contributed by atoms with van der Waals surface area (Å²) < 4.78 is 35.8. The van der Waals surface area contributed by atoms with E-state index in [0.29, 0.717) is 13.0 Å². The fourth-order valence-corrected chi connectivity index (χ4v) is 1.11. The van der Waals surface area contributed by atoms with Gasteiger partial charge in [0.2, 0.25) is 0 Å². The molecule has 0 bridgehead atoms. The van der Waals surface area contributed by atoms with Gasteiger partial charge in [0.25, 0.3) is 0 Å². The molecule has 0 aromatic heterocycles. The Morgan fingerprint density at radius 3 is 2.27 bits per heavy atom. The lowest BCUT2D eigenvalue weighted by Gasteiger charge is -2.19. The molecule has 1 unspecified atom stereocenters. The van der Waals surface area contributed by atoms with E-state index in [4.69, 9.17) is 5.26 Å². The molecule has 0 heterocycles. The molecule has 2 nitrogen and oxygen atoms in total. The van der Waals surface area contributed by atoms with Crippen molar-refractivity contribution in [1.82, 2.24) is 5.32 Å². The van der Waals surface area contributed by atoms with Crippen LogP contribution in [0.25, 0.3) is 0 Å². The quantitative estimate of drug-likeness (QED) is 0.776. The zero-order chi connectivity index (χ0) is 12.1. The van der Waals surface area contributed by atoms with Crippen molar-refractivity contribution in [3.8, 4) is 6.07 Å². The molecule has 0 saturated carbocycles. The number of nitriles is 1. The van der Waals surface area contributed by atoms with Crippen LogP contribution in [0.3, 0.4) is 0 Å². The number of nitrogens with one attached hydrogen (secondary N) is 1. The Balaban J connectivity index is 3.75. The van der Waals surface area contributed by atoms with Crippen molar-refractivity contribution in [2.24, 2.45) is 5.41 Å². The number of nitrogens with zero attached hydrogens (tertiary/aromatic N) is 1. The molecule has 0 aliphatic carbocycles. The standard InChI is InChI=1S/C10H17F3N2/c1-8(6-10(11,12)13)15-5-4-9(2,3)7-14/h8,15H,4-6H2,1-3H3. The molecule has 0 spiro atoms. The molecule has 0 saturated heterocycles. The predicted octanol–water partition coefficient (Wildman–Crippen LogP) is 2.86. The molecular weight excluding hydrogens is 205 g/mol. The molecule has 0 aromatic rings. The van der Waals surface area contributed by atoms with Gasteiger partial charge < -0.3 is 5.32 Å². The first-order valence-corrected chi connectivity index (χ1v) is 4.88. The summed E-state index contributed by atoms with van der Waals surface area (Å²) in [7, 11) is 0. The molecule has 15 heavy (non-hydrogen) atoms. The van der Waals surface area contributed by atoms with Gasteiger partial charge in [-0.2, -0.15) is 18.4 Å². The first-order chi connectivity index (χ1) is 6.66. The normalized spacial score (nSPS) is 14.7. The minimum atomic E-state index is -4.13. The minimum Gasteiger partial charge on any atom is -0.314 e. The zero-order valence-corrected chi connectivity index (χ0v) is 9.28. The van der Waals surface area contributed by atoms with E-state index in [1.54, 1.807) is 13.8 Å². The van der Waals surface area contributed by atoms with Crippen LogP contribution in [-0.2, 0) is 0 Å². The summed E-state index contributed by atoms with van der Waals surface area (Å²) in [5.74, 6) is 0. The third-order valence-corrected chi connectivity index (χ3v) is 2.08. The SMILES string of the molecule is CC(CC(F)(F)F)NCCC(C)(C)C#N. The summed E-state index contributed by atoms with van der Waals surface area (Å²) in [6.07, 6.45) is -4.41. The van der Waals surface area contributed by atoms with Gasteiger partial charge in [0.05, 0.1) is 17.9 Å². The van der Waals surface area contributed by atoms with Gasteiger partial charge in [-0.3, -0.25) is 0 Å². The van der Waals surface area contributed by atoms with Crippen LogP contribution in [0.1, 0.15) is 33.6 Å². The summed E-state index contributed by atoms with van der Waals surface area (Å²) in [4.78, 5) is 0. The Bertz CT molecular complexity index is 228. The molecule has 5 heteroatoms. The number of hydrogen-bond acceptors (Lipinski definition) is 2. The Morgan fingerprint density at radius 2 is 1.87 bits per heavy atom. The minimum absolute atomic E-state index is 0.428. The highest BCUT2D eigenvalue weighted by atomic mass is 19.4. The van der Waals surface area contributed by atoms with Crippen LogP contribution in [0.4, 0.5) is 13.2 Å². The van der Waals surface area contributed by atoms with E-state index < -0.39 is 24.1 Å². The van der Waals surface area contributed by atoms with E-state index in [2.05, 4.69) is 11.4 Å². The maximum Gasteiger partial charge on any atom is 0.390 e. The van der Waals surface area contributed by atoms with E-state index in [9.17, 15) is 13.2 Å². The van der Waals surface area contributed by atoms with Crippen molar-refractivity contribution < 1.29 is 13.2 Å². The highest BCUT2D eigenvalue weighted by molar-refractivity contribution is 4.91. The molecule has 0 aromatic carbocycles. The van der Waals surface area contributed by atoms with E-state index >= 15 is 0 Å². The molecule has 0 aliphatic rings. The fourth-order valence-electron chi connectivity index (χ4n) is 1.11. The van der Waals surface area contributed by atoms with Crippen molar-refractivity contribution in [2.45, 2.75) is 45.8 Å². The maximum absolute atomic E-state index is 11.9. The van der Waals surface area contributed by atoms with Crippen molar-refractivity contribution >= 4 is 0 Å². The van der Waals surface area contributed by atoms with Crippen molar-refractivity contribution in [3.05, 3.63) is 0 Å². The number of alkyl halides is 3. The van der Waals surface area contributed by atoms with E-state index in [1.165, 1.54) is 6.92 Å². The van der Waals surface area contributed by atoms with E-state index in [0.717, 1.165) is 0 Å². The molecular formula is C10H17F3N2. The lowest BCUT2D eigenvalue weighted by molar-refractivity contribution is -0.139. The lowest BCUT2D eigenvalue weighted by Crippen LogP contribution is -2.33. The van der Waals surface area contributed by atoms with Crippen LogP contribution < -0.4 is 5.32 Å². The molecule has 1 N–H and O–H groups in total. The average molecular weight is 222 g/mol. The van der Waals surface area contributed by atoms with Crippen LogP contribution in [0.15, 0.2) is 0 Å². The largest absolute Gasteiger partial charge is 0.390 e. The maximum atomic E-state index is 11.9. The third kappa shape index (κ3) is 8.25. The van der Waals surface area contributed by atoms with Crippen LogP contribution >= 0.6 is 0 Å². The number of rotatable bonds is 5. The Morgan fingerprint density at radius 1 is 1.33 bits per heavy atom. The molecule has 0 fully saturated rings. The molecule has 0 amide bonds. The molecule has 0 rings (SSSR count). The van der Waals surface area contributed by atoms with E-state index in [-0.39, 0.29) is 0 Å². The Hall–Kier alpha value is -0.760. The first kappa shape index (κ1) is 14.2. The predicted molar refractivity (Wildman–Crippen MR) is 52.1 cm³/mol. The summed E-state index contributed by atoms with van der Waals surface area (Å²) in [5.41, 5.74) is -0.481. The van der Waals surface area contributed by atoms with Crippen molar-refractivity contribution in [1.29, 1.82) is 5.26 Å². The topological polar surface area (TPSA) is 35.8 Å². The summed E-state index contributed by atoms with van der Waals surface area (Å²) in [6.45, 7) is 5.46. The summed E-state index contributed by atoms with van der Waals surface area (Å²) >= 11 is 0. The molecule has 1 atom stereocenters. The van der Waals surface area contributed by atoms with Gasteiger partial charge in [0.15, 0.2) is 0 Å². The van der Waals surface area contributed by atoms with Crippen LogP contribution in [-0.4, -0.2) is 18.8 Å². The van der Waals surface area contributed by atoms with Crippen molar-refractivity contribution in [2.75, 3.05) is 6.54 Å². The number of hydrogen-bond donors (Lipinski definition) is 1. The third-order valence-electron chi connectivity index (χ3n) is 2.08. The van der Waals surface area contributed by atoms with Gasteiger partial charge in [-0.25, -0.2) is 0 Å². The molecule has 0 aliphatic heterocycles. The first-order valence-electron chi connectivity index (χ1n) is 4.88. The monoisotopic (exact) mass is 222 g/mol. The average Bonchev–Trinajstić information content (AvgIpc) is 2.00. The highest BCUT2D eigenvalue weighted by Gasteiger charge is 2.29. The van der Waals surface area contributed by atoms with E-state index in [1.807, 2.05) is 0 Å². The van der Waals surface area contributed by atoms with Crippen LogP contribution in [0, 0.1) is 16.7 Å². The van der Waals surface area contributed by atoms with Crippen molar-refractivity contribution in [3.63, 3.8) is 0 Å². The summed E-state index contributed by atoms with van der Waals surface area (Å²) in [6, 6.07) is 1.50.